The molecule has 1 aromatic heterocycles. The number of sulfone groups is 1. The molecule has 0 bridgehead atoms. The van der Waals surface area contributed by atoms with Crippen LogP contribution in [0.3, 0.4) is 0 Å². The third-order valence-electron chi connectivity index (χ3n) is 5.64. The lowest BCUT2D eigenvalue weighted by Gasteiger charge is -2.24. The number of carbonyl (C=O) groups is 1. The van der Waals surface area contributed by atoms with E-state index in [9.17, 15) is 13.2 Å². The summed E-state index contributed by atoms with van der Waals surface area (Å²) in [6.07, 6.45) is 1.83. The number of hydrogen-bond donors (Lipinski definition) is 2. The van der Waals surface area contributed by atoms with Crippen LogP contribution in [-0.2, 0) is 27.6 Å². The molecule has 1 unspecified atom stereocenters. The molecule has 174 valence electrons. The number of carbonyl (C=O) groups excluding carboxylic acids is 1. The Kier molecular flexibility index (Phi) is 7.59. The highest BCUT2D eigenvalue weighted by Gasteiger charge is 2.42. The van der Waals surface area contributed by atoms with E-state index in [1.807, 2.05) is 6.07 Å². The van der Waals surface area contributed by atoms with Gasteiger partial charge in [0.15, 0.2) is 9.84 Å². The Labute approximate surface area is 186 Å². The van der Waals surface area contributed by atoms with Crippen molar-refractivity contribution in [2.75, 3.05) is 13.1 Å². The number of aromatic nitrogens is 2. The van der Waals surface area contributed by atoms with Crippen LogP contribution < -0.4 is 11.1 Å². The van der Waals surface area contributed by atoms with Gasteiger partial charge in [0.1, 0.15) is 10.6 Å². The Morgan fingerprint density at radius 3 is 2.42 bits per heavy atom. The zero-order valence-corrected chi connectivity index (χ0v) is 20.8. The summed E-state index contributed by atoms with van der Waals surface area (Å²) >= 11 is 0. The molecule has 31 heavy (non-hydrogen) atoms. The minimum Gasteiger partial charge on any atom is -0.353 e. The third kappa shape index (κ3) is 5.47. The Bertz CT molecular complexity index is 1030. The molecule has 3 N–H and O–H groups in total. The molecule has 8 heteroatoms. The molecule has 0 aliphatic carbocycles. The lowest BCUT2D eigenvalue weighted by Crippen LogP contribution is -2.49. The monoisotopic (exact) mass is 450 g/mol. The van der Waals surface area contributed by atoms with Crippen molar-refractivity contribution in [2.24, 2.45) is 17.1 Å². The second kappa shape index (κ2) is 9.28. The maximum absolute atomic E-state index is 13.3. The van der Waals surface area contributed by atoms with E-state index in [2.05, 4.69) is 44.5 Å². The molecule has 0 aliphatic heterocycles. The number of benzene rings is 1. The predicted molar refractivity (Wildman–Crippen MR) is 126 cm³/mol. The summed E-state index contributed by atoms with van der Waals surface area (Å²) in [5.74, 6) is 0.871. The van der Waals surface area contributed by atoms with Crippen molar-refractivity contribution in [3.05, 3.63) is 24.0 Å². The van der Waals surface area contributed by atoms with Crippen molar-refractivity contribution in [3.63, 3.8) is 0 Å². The number of rotatable bonds is 9. The number of nitrogens with one attached hydrogen (secondary N) is 1. The lowest BCUT2D eigenvalue weighted by atomic mass is 9.92. The summed E-state index contributed by atoms with van der Waals surface area (Å²) in [6, 6.07) is 5.00. The van der Waals surface area contributed by atoms with Crippen molar-refractivity contribution < 1.29 is 13.2 Å². The van der Waals surface area contributed by atoms with Crippen LogP contribution in [-0.4, -0.2) is 41.7 Å². The molecule has 1 heterocycles. The van der Waals surface area contributed by atoms with Gasteiger partial charge in [-0.2, -0.15) is 0 Å². The molecule has 0 saturated carbocycles. The van der Waals surface area contributed by atoms with Crippen LogP contribution >= 0.6 is 0 Å². The first kappa shape index (κ1) is 25.3. The van der Waals surface area contributed by atoms with Crippen molar-refractivity contribution in [3.8, 4) is 0 Å². The van der Waals surface area contributed by atoms with Gasteiger partial charge in [-0.3, -0.25) is 4.79 Å². The van der Waals surface area contributed by atoms with Crippen LogP contribution in [0.1, 0.15) is 60.7 Å². The molecular weight excluding hydrogens is 412 g/mol. The molecule has 0 aliphatic rings. The van der Waals surface area contributed by atoms with E-state index in [4.69, 9.17) is 10.7 Å². The van der Waals surface area contributed by atoms with Crippen molar-refractivity contribution >= 4 is 26.8 Å². The average molecular weight is 451 g/mol. The zero-order chi connectivity index (χ0) is 23.6. The second-order valence-electron chi connectivity index (χ2n) is 10.1. The fourth-order valence-corrected chi connectivity index (χ4v) is 4.82. The second-order valence-corrected chi connectivity index (χ2v) is 12.6. The molecule has 0 spiro atoms. The number of amides is 1. The van der Waals surface area contributed by atoms with E-state index in [-0.39, 0.29) is 23.4 Å². The minimum absolute atomic E-state index is 0.0482. The topological polar surface area (TPSA) is 107 Å². The van der Waals surface area contributed by atoms with E-state index >= 15 is 0 Å². The van der Waals surface area contributed by atoms with Gasteiger partial charge in [0.2, 0.25) is 5.91 Å². The van der Waals surface area contributed by atoms with Gasteiger partial charge >= 0.3 is 0 Å². The Morgan fingerprint density at radius 1 is 1.23 bits per heavy atom. The fraction of sp³-hybridized carbons (Fsp3) is 0.652. The minimum atomic E-state index is -3.93. The van der Waals surface area contributed by atoms with Crippen LogP contribution in [0, 0.1) is 11.3 Å². The van der Waals surface area contributed by atoms with Gasteiger partial charge in [-0.1, -0.05) is 41.0 Å². The predicted octanol–water partition coefficient (Wildman–Crippen LogP) is 3.30. The molecule has 1 aromatic carbocycles. The van der Waals surface area contributed by atoms with Gasteiger partial charge < -0.3 is 15.6 Å². The van der Waals surface area contributed by atoms with Crippen LogP contribution in [0.15, 0.2) is 23.1 Å². The van der Waals surface area contributed by atoms with Gasteiger partial charge in [0.05, 0.1) is 15.9 Å². The number of imidazole rings is 1. The highest BCUT2D eigenvalue weighted by atomic mass is 32.2. The highest BCUT2D eigenvalue weighted by molar-refractivity contribution is 7.93. The number of hydrogen-bond acceptors (Lipinski definition) is 5. The van der Waals surface area contributed by atoms with Crippen LogP contribution in [0.2, 0.25) is 0 Å². The quantitative estimate of drug-likeness (QED) is 0.609. The van der Waals surface area contributed by atoms with Crippen LogP contribution in [0.25, 0.3) is 11.0 Å². The number of nitrogens with two attached hydrogens (primary N) is 1. The van der Waals surface area contributed by atoms with Crippen molar-refractivity contribution in [2.45, 2.75) is 77.5 Å². The SMILES string of the molecule is CCC(C)Cn1c(CC(C)(C)C)nc2cc(S(=O)(=O)C(C)(C)C(=O)NCCN)ccc21. The van der Waals surface area contributed by atoms with Crippen molar-refractivity contribution in [1.29, 1.82) is 0 Å². The smallest absolute Gasteiger partial charge is 0.241 e. The zero-order valence-electron chi connectivity index (χ0n) is 19.9. The summed E-state index contributed by atoms with van der Waals surface area (Å²) in [5, 5.41) is 2.59. The van der Waals surface area contributed by atoms with Gasteiger partial charge in [-0.25, -0.2) is 13.4 Å². The molecule has 2 aromatic rings. The molecule has 7 nitrogen and oxygen atoms in total. The van der Waals surface area contributed by atoms with E-state index < -0.39 is 20.5 Å². The normalized spacial score (nSPS) is 14.1. The van der Waals surface area contributed by atoms with Crippen LogP contribution in [0.5, 0.6) is 0 Å². The molecule has 1 amide bonds. The Morgan fingerprint density at radius 2 is 1.87 bits per heavy atom. The van der Waals surface area contributed by atoms with Gasteiger partial charge in [0, 0.05) is 26.1 Å². The number of nitrogens with zero attached hydrogens (tertiary/aromatic N) is 2. The maximum atomic E-state index is 13.3. The molecule has 2 rings (SSSR count). The Hall–Kier alpha value is -1.93. The van der Waals surface area contributed by atoms with E-state index in [1.54, 1.807) is 12.1 Å². The van der Waals surface area contributed by atoms with Gasteiger partial charge in [0.25, 0.3) is 0 Å². The highest BCUT2D eigenvalue weighted by Crippen LogP contribution is 2.30. The first-order valence-electron chi connectivity index (χ1n) is 11.0. The van der Waals surface area contributed by atoms with E-state index in [0.717, 1.165) is 30.7 Å². The summed E-state index contributed by atoms with van der Waals surface area (Å²) in [4.78, 5) is 17.4. The van der Waals surface area contributed by atoms with Gasteiger partial charge in [-0.05, 0) is 43.4 Å². The lowest BCUT2D eigenvalue weighted by molar-refractivity contribution is -0.122. The standard InChI is InChI=1S/C23H38N4O3S/c1-8-16(2)15-27-19-10-9-17(13-18(19)26-20(27)14-22(3,4)5)31(29,30)23(6,7)21(28)25-12-11-24/h9-10,13,16H,8,11-12,14-15,24H2,1-7H3,(H,25,28). The molecule has 0 radical (unpaired) electrons. The molecule has 0 saturated heterocycles. The van der Waals surface area contributed by atoms with E-state index in [1.165, 1.54) is 13.8 Å². The summed E-state index contributed by atoms with van der Waals surface area (Å²) in [6.45, 7) is 15.0. The average Bonchev–Trinajstić information content (AvgIpc) is 3.00. The molecular formula is C23H38N4O3S. The molecule has 1 atom stereocenters. The fourth-order valence-electron chi connectivity index (χ4n) is 3.40. The Balaban J connectivity index is 2.56. The first-order chi connectivity index (χ1) is 14.2. The first-order valence-corrected chi connectivity index (χ1v) is 12.4. The largest absolute Gasteiger partial charge is 0.353 e. The van der Waals surface area contributed by atoms with E-state index in [0.29, 0.717) is 11.4 Å². The molecule has 0 fully saturated rings. The van der Waals surface area contributed by atoms with Crippen LogP contribution in [0.4, 0.5) is 0 Å². The van der Waals surface area contributed by atoms with Gasteiger partial charge in [-0.15, -0.1) is 0 Å². The maximum Gasteiger partial charge on any atom is 0.241 e. The summed E-state index contributed by atoms with van der Waals surface area (Å²) in [7, 11) is -3.93. The number of fused-ring (bicyclic) bond motifs is 1. The third-order valence-corrected chi connectivity index (χ3v) is 8.04. The van der Waals surface area contributed by atoms with Crippen molar-refractivity contribution in [1.82, 2.24) is 14.9 Å². The summed E-state index contributed by atoms with van der Waals surface area (Å²) < 4.78 is 27.2. The summed E-state index contributed by atoms with van der Waals surface area (Å²) in [5.41, 5.74) is 7.04.